The van der Waals surface area contributed by atoms with E-state index in [1.54, 1.807) is 6.92 Å². The SMILES string of the molecule is CC(C(=O)O)C1CCCC1F. The van der Waals surface area contributed by atoms with E-state index in [9.17, 15) is 9.18 Å². The van der Waals surface area contributed by atoms with Gasteiger partial charge < -0.3 is 5.11 Å². The van der Waals surface area contributed by atoms with Crippen LogP contribution in [-0.4, -0.2) is 17.2 Å². The number of hydrogen-bond acceptors (Lipinski definition) is 1. The highest BCUT2D eigenvalue weighted by Gasteiger charge is 2.34. The van der Waals surface area contributed by atoms with E-state index < -0.39 is 18.1 Å². The molecular formula is C8H13FO2. The van der Waals surface area contributed by atoms with E-state index >= 15 is 0 Å². The third-order valence-corrected chi connectivity index (χ3v) is 2.51. The minimum atomic E-state index is -0.888. The molecule has 11 heavy (non-hydrogen) atoms. The van der Waals surface area contributed by atoms with Crippen molar-refractivity contribution >= 4 is 5.97 Å². The lowest BCUT2D eigenvalue weighted by Gasteiger charge is -2.16. The fourth-order valence-electron chi connectivity index (χ4n) is 1.69. The fourth-order valence-corrected chi connectivity index (χ4v) is 1.69. The van der Waals surface area contributed by atoms with Gasteiger partial charge in [-0.25, -0.2) is 4.39 Å². The molecular weight excluding hydrogens is 147 g/mol. The Morgan fingerprint density at radius 3 is 2.64 bits per heavy atom. The number of rotatable bonds is 2. The highest BCUT2D eigenvalue weighted by molar-refractivity contribution is 5.70. The smallest absolute Gasteiger partial charge is 0.306 e. The van der Waals surface area contributed by atoms with Gasteiger partial charge in [-0.05, 0) is 12.8 Å². The van der Waals surface area contributed by atoms with E-state index in [4.69, 9.17) is 5.11 Å². The molecule has 0 saturated heterocycles. The number of carbonyl (C=O) groups is 1. The first kappa shape index (κ1) is 8.50. The summed E-state index contributed by atoms with van der Waals surface area (Å²) in [7, 11) is 0. The second-order valence-electron chi connectivity index (χ2n) is 3.24. The van der Waals surface area contributed by atoms with Crippen LogP contribution >= 0.6 is 0 Å². The fraction of sp³-hybridized carbons (Fsp3) is 0.875. The predicted octanol–water partition coefficient (Wildman–Crippen LogP) is 1.85. The Morgan fingerprint density at radius 1 is 1.64 bits per heavy atom. The average molecular weight is 160 g/mol. The van der Waals surface area contributed by atoms with E-state index in [1.165, 1.54) is 0 Å². The Bertz CT molecular complexity index is 158. The van der Waals surface area contributed by atoms with Crippen LogP contribution in [0.2, 0.25) is 0 Å². The molecule has 64 valence electrons. The summed E-state index contributed by atoms with van der Waals surface area (Å²) in [6, 6.07) is 0. The van der Waals surface area contributed by atoms with Gasteiger partial charge in [0.15, 0.2) is 0 Å². The lowest BCUT2D eigenvalue weighted by molar-refractivity contribution is -0.143. The third-order valence-electron chi connectivity index (χ3n) is 2.51. The molecule has 1 N–H and O–H groups in total. The maximum absolute atomic E-state index is 12.9. The largest absolute Gasteiger partial charge is 0.481 e. The standard InChI is InChI=1S/C8H13FO2/c1-5(8(10)11)6-3-2-4-7(6)9/h5-7H,2-4H2,1H3,(H,10,11). The first-order valence-electron chi connectivity index (χ1n) is 4.00. The van der Waals surface area contributed by atoms with Gasteiger partial charge >= 0.3 is 5.97 Å². The van der Waals surface area contributed by atoms with Crippen molar-refractivity contribution in [1.82, 2.24) is 0 Å². The first-order valence-corrected chi connectivity index (χ1v) is 4.00. The number of halogens is 1. The molecule has 0 aromatic rings. The van der Waals surface area contributed by atoms with Gasteiger partial charge in [0, 0.05) is 5.92 Å². The summed E-state index contributed by atoms with van der Waals surface area (Å²) in [5.74, 6) is -1.64. The molecule has 3 heteroatoms. The van der Waals surface area contributed by atoms with Gasteiger partial charge in [-0.2, -0.15) is 0 Å². The van der Waals surface area contributed by atoms with Crippen molar-refractivity contribution < 1.29 is 14.3 Å². The number of carboxylic acid groups (broad SMARTS) is 1. The molecule has 1 saturated carbocycles. The molecule has 1 aliphatic rings. The number of aliphatic carboxylic acids is 1. The molecule has 0 aromatic carbocycles. The van der Waals surface area contributed by atoms with Crippen LogP contribution in [0.4, 0.5) is 4.39 Å². The zero-order valence-corrected chi connectivity index (χ0v) is 6.59. The van der Waals surface area contributed by atoms with E-state index in [2.05, 4.69) is 0 Å². The summed E-state index contributed by atoms with van der Waals surface area (Å²) >= 11 is 0. The van der Waals surface area contributed by atoms with Crippen LogP contribution in [-0.2, 0) is 4.79 Å². The van der Waals surface area contributed by atoms with Crippen molar-refractivity contribution in [3.63, 3.8) is 0 Å². The molecule has 2 nitrogen and oxygen atoms in total. The summed E-state index contributed by atoms with van der Waals surface area (Å²) in [4.78, 5) is 10.5. The molecule has 0 aromatic heterocycles. The Kier molecular flexibility index (Phi) is 2.47. The van der Waals surface area contributed by atoms with Crippen LogP contribution in [0.25, 0.3) is 0 Å². The van der Waals surface area contributed by atoms with Gasteiger partial charge in [-0.3, -0.25) is 4.79 Å². The molecule has 3 unspecified atom stereocenters. The van der Waals surface area contributed by atoms with Crippen molar-refractivity contribution in [2.24, 2.45) is 11.8 Å². The molecule has 0 heterocycles. The second-order valence-corrected chi connectivity index (χ2v) is 3.24. The zero-order chi connectivity index (χ0) is 8.43. The second kappa shape index (κ2) is 3.20. The van der Waals surface area contributed by atoms with Gasteiger partial charge in [0.2, 0.25) is 0 Å². The lowest BCUT2D eigenvalue weighted by atomic mass is 9.92. The van der Waals surface area contributed by atoms with Crippen LogP contribution in [0, 0.1) is 11.8 Å². The van der Waals surface area contributed by atoms with Gasteiger partial charge in [0.05, 0.1) is 5.92 Å². The van der Waals surface area contributed by atoms with E-state index in [1.807, 2.05) is 0 Å². The van der Waals surface area contributed by atoms with E-state index in [0.717, 1.165) is 12.8 Å². The molecule has 0 aliphatic heterocycles. The van der Waals surface area contributed by atoms with Crippen molar-refractivity contribution in [2.75, 3.05) is 0 Å². The highest BCUT2D eigenvalue weighted by Crippen LogP contribution is 2.33. The Morgan fingerprint density at radius 2 is 2.27 bits per heavy atom. The molecule has 1 aliphatic carbocycles. The third kappa shape index (κ3) is 1.70. The first-order chi connectivity index (χ1) is 5.13. The number of hydrogen-bond donors (Lipinski definition) is 1. The highest BCUT2D eigenvalue weighted by atomic mass is 19.1. The van der Waals surface area contributed by atoms with Gasteiger partial charge in [-0.1, -0.05) is 13.3 Å². The zero-order valence-electron chi connectivity index (χ0n) is 6.59. The maximum Gasteiger partial charge on any atom is 0.306 e. The molecule has 0 amide bonds. The quantitative estimate of drug-likeness (QED) is 0.669. The lowest BCUT2D eigenvalue weighted by Crippen LogP contribution is -2.24. The molecule has 1 fully saturated rings. The molecule has 1 rings (SSSR count). The van der Waals surface area contributed by atoms with Crippen molar-refractivity contribution in [3.8, 4) is 0 Å². The number of alkyl halides is 1. The van der Waals surface area contributed by atoms with Crippen molar-refractivity contribution in [1.29, 1.82) is 0 Å². The summed E-state index contributed by atoms with van der Waals surface area (Å²) in [5, 5.41) is 8.59. The van der Waals surface area contributed by atoms with Crippen LogP contribution in [0.15, 0.2) is 0 Å². The normalized spacial score (nSPS) is 33.6. The maximum atomic E-state index is 12.9. The van der Waals surface area contributed by atoms with E-state index in [0.29, 0.717) is 6.42 Å². The Labute approximate surface area is 65.4 Å². The predicted molar refractivity (Wildman–Crippen MR) is 39.0 cm³/mol. The van der Waals surface area contributed by atoms with E-state index in [-0.39, 0.29) is 5.92 Å². The topological polar surface area (TPSA) is 37.3 Å². The monoisotopic (exact) mass is 160 g/mol. The molecule has 0 radical (unpaired) electrons. The molecule has 0 bridgehead atoms. The van der Waals surface area contributed by atoms with Crippen molar-refractivity contribution in [2.45, 2.75) is 32.4 Å². The minimum absolute atomic E-state index is 0.243. The number of carboxylic acids is 1. The van der Waals surface area contributed by atoms with Crippen LogP contribution in [0.3, 0.4) is 0 Å². The average Bonchev–Trinajstić information content (AvgIpc) is 2.33. The summed E-state index contributed by atoms with van der Waals surface area (Å²) < 4.78 is 12.9. The van der Waals surface area contributed by atoms with Crippen LogP contribution in [0.1, 0.15) is 26.2 Å². The molecule has 3 atom stereocenters. The van der Waals surface area contributed by atoms with Crippen LogP contribution < -0.4 is 0 Å². The van der Waals surface area contributed by atoms with Gasteiger partial charge in [0.25, 0.3) is 0 Å². The van der Waals surface area contributed by atoms with Gasteiger partial charge in [-0.15, -0.1) is 0 Å². The Hall–Kier alpha value is -0.600. The molecule has 0 spiro atoms. The summed E-state index contributed by atoms with van der Waals surface area (Å²) in [6.45, 7) is 1.59. The summed E-state index contributed by atoms with van der Waals surface area (Å²) in [5.41, 5.74) is 0. The Balaban J connectivity index is 2.52. The van der Waals surface area contributed by atoms with Crippen molar-refractivity contribution in [3.05, 3.63) is 0 Å². The summed E-state index contributed by atoms with van der Waals surface area (Å²) in [6.07, 6.45) is 1.22. The van der Waals surface area contributed by atoms with Crippen LogP contribution in [0.5, 0.6) is 0 Å². The minimum Gasteiger partial charge on any atom is -0.481 e. The van der Waals surface area contributed by atoms with Gasteiger partial charge in [0.1, 0.15) is 6.17 Å².